The quantitative estimate of drug-likeness (QED) is 0.654. The van der Waals surface area contributed by atoms with Crippen LogP contribution in [0.25, 0.3) is 0 Å². The van der Waals surface area contributed by atoms with E-state index in [0.29, 0.717) is 18.3 Å². The monoisotopic (exact) mass is 502 g/mol. The maximum absolute atomic E-state index is 14.0. The molecule has 0 aromatic carbocycles. The molecule has 4 heterocycles. The van der Waals surface area contributed by atoms with Crippen LogP contribution in [0.4, 0.5) is 20.5 Å². The molecule has 1 saturated carbocycles. The van der Waals surface area contributed by atoms with Gasteiger partial charge in [-0.3, -0.25) is 4.79 Å². The topological polar surface area (TPSA) is 82.6 Å². The number of aryl methyl sites for hydroxylation is 1. The average molecular weight is 503 g/mol. The number of anilines is 2. The highest BCUT2D eigenvalue weighted by Crippen LogP contribution is 2.38. The Hall–Kier alpha value is -2.59. The second-order valence-corrected chi connectivity index (χ2v) is 10.6. The fourth-order valence-electron chi connectivity index (χ4n) is 5.05. The Morgan fingerprint density at radius 2 is 2.00 bits per heavy atom. The minimum absolute atomic E-state index is 0.179. The molecule has 10 heteroatoms. The molecule has 8 nitrogen and oxygen atoms in total. The standard InChI is InChI=1S/C23H30F2N6O2.C3H6/c1-4-14-8-26-22(31-9-13(2)10-31)29-20(14)28-15-5-6-17-16(7-15)18-19(21(32)30(17)3)33-12-23(24,25)11-27-18;1-2-3-1/h5-6,8,13,16,18-19,27H,4,7,9-12H2,1-3H3,(H,26,28,29);1-3H2. The van der Waals surface area contributed by atoms with Gasteiger partial charge < -0.3 is 25.2 Å². The zero-order valence-corrected chi connectivity index (χ0v) is 21.3. The fraction of sp³-hybridized carbons (Fsp3) is 0.654. The zero-order chi connectivity index (χ0) is 25.4. The van der Waals surface area contributed by atoms with Crippen molar-refractivity contribution in [3.63, 3.8) is 0 Å². The summed E-state index contributed by atoms with van der Waals surface area (Å²) >= 11 is 0. The molecule has 2 N–H and O–H groups in total. The molecular formula is C26H36F2N6O2. The van der Waals surface area contributed by atoms with Gasteiger partial charge in [0.05, 0.1) is 12.6 Å². The third-order valence-electron chi connectivity index (χ3n) is 7.28. The van der Waals surface area contributed by atoms with Crippen LogP contribution in [-0.2, 0) is 16.0 Å². The maximum Gasteiger partial charge on any atom is 0.283 e. The maximum atomic E-state index is 14.0. The van der Waals surface area contributed by atoms with Crippen molar-refractivity contribution in [3.8, 4) is 0 Å². The van der Waals surface area contributed by atoms with Gasteiger partial charge in [-0.2, -0.15) is 4.98 Å². The molecule has 0 radical (unpaired) electrons. The van der Waals surface area contributed by atoms with Gasteiger partial charge >= 0.3 is 0 Å². The number of likely N-dealkylation sites (N-methyl/N-ethyl adjacent to an activating group) is 1. The van der Waals surface area contributed by atoms with Crippen LogP contribution in [0.2, 0.25) is 0 Å². The van der Waals surface area contributed by atoms with Crippen molar-refractivity contribution < 1.29 is 18.3 Å². The molecular weight excluding hydrogens is 466 g/mol. The van der Waals surface area contributed by atoms with Gasteiger partial charge in [0.1, 0.15) is 12.4 Å². The van der Waals surface area contributed by atoms with Crippen molar-refractivity contribution in [2.45, 2.75) is 64.0 Å². The fourth-order valence-corrected chi connectivity index (χ4v) is 5.05. The van der Waals surface area contributed by atoms with Crippen molar-refractivity contribution in [3.05, 3.63) is 35.3 Å². The van der Waals surface area contributed by atoms with E-state index in [4.69, 9.17) is 9.72 Å². The highest BCUT2D eigenvalue weighted by molar-refractivity contribution is 5.85. The van der Waals surface area contributed by atoms with Gasteiger partial charge in [-0.05, 0) is 30.9 Å². The van der Waals surface area contributed by atoms with E-state index in [1.807, 2.05) is 18.3 Å². The van der Waals surface area contributed by atoms with E-state index in [2.05, 4.69) is 34.4 Å². The molecule has 1 aromatic heterocycles. The number of fused-ring (bicyclic) bond motifs is 3. The highest BCUT2D eigenvalue weighted by Gasteiger charge is 2.50. The lowest BCUT2D eigenvalue weighted by Gasteiger charge is -2.44. The molecule has 1 amide bonds. The third kappa shape index (κ3) is 5.25. The number of rotatable bonds is 4. The SMILES string of the molecule is C1CC1.CCc1cnc(N2CC(C)C2)nc1NC1=CC=C2C(C1)C1NCC(F)(F)COC1C(=O)N2C. The molecule has 196 valence electrons. The van der Waals surface area contributed by atoms with Crippen LogP contribution in [0, 0.1) is 11.8 Å². The number of amides is 1. The van der Waals surface area contributed by atoms with Crippen LogP contribution < -0.4 is 15.5 Å². The van der Waals surface area contributed by atoms with E-state index in [1.165, 1.54) is 24.2 Å². The minimum Gasteiger partial charge on any atom is -0.360 e. The van der Waals surface area contributed by atoms with Crippen LogP contribution >= 0.6 is 0 Å². The largest absolute Gasteiger partial charge is 0.360 e. The lowest BCUT2D eigenvalue weighted by atomic mass is 9.80. The molecule has 4 fully saturated rings. The number of hydrogen-bond acceptors (Lipinski definition) is 7. The number of likely N-dealkylation sites (tertiary alicyclic amines) is 1. The van der Waals surface area contributed by atoms with E-state index < -0.39 is 31.2 Å². The third-order valence-corrected chi connectivity index (χ3v) is 7.28. The molecule has 2 aliphatic carbocycles. The van der Waals surface area contributed by atoms with Gasteiger partial charge in [0.2, 0.25) is 5.95 Å². The van der Waals surface area contributed by atoms with Crippen LogP contribution in [0.5, 0.6) is 0 Å². The predicted molar refractivity (Wildman–Crippen MR) is 134 cm³/mol. The van der Waals surface area contributed by atoms with E-state index in [-0.39, 0.29) is 11.8 Å². The number of alkyl halides is 2. The Morgan fingerprint density at radius 1 is 1.25 bits per heavy atom. The number of nitrogens with zero attached hydrogens (tertiary/aromatic N) is 4. The predicted octanol–water partition coefficient (Wildman–Crippen LogP) is 3.33. The van der Waals surface area contributed by atoms with Crippen molar-refractivity contribution in [1.29, 1.82) is 0 Å². The lowest BCUT2D eigenvalue weighted by molar-refractivity contribution is -0.152. The summed E-state index contributed by atoms with van der Waals surface area (Å²) in [5.41, 5.74) is 2.73. The Labute approximate surface area is 211 Å². The summed E-state index contributed by atoms with van der Waals surface area (Å²) in [6.45, 7) is 4.88. The summed E-state index contributed by atoms with van der Waals surface area (Å²) < 4.78 is 33.4. The Bertz CT molecular complexity index is 1050. The molecule has 1 aromatic rings. The van der Waals surface area contributed by atoms with Crippen molar-refractivity contribution in [2.75, 3.05) is 43.5 Å². The number of halogens is 2. The zero-order valence-electron chi connectivity index (χ0n) is 21.3. The first-order chi connectivity index (χ1) is 17.3. The van der Waals surface area contributed by atoms with Crippen LogP contribution in [-0.4, -0.2) is 72.1 Å². The van der Waals surface area contributed by atoms with Crippen molar-refractivity contribution >= 4 is 17.7 Å². The van der Waals surface area contributed by atoms with Crippen LogP contribution in [0.15, 0.2) is 29.7 Å². The van der Waals surface area contributed by atoms with Gasteiger partial charge in [0.25, 0.3) is 11.8 Å². The lowest BCUT2D eigenvalue weighted by Crippen LogP contribution is -2.59. The van der Waals surface area contributed by atoms with Gasteiger partial charge in [-0.1, -0.05) is 33.1 Å². The van der Waals surface area contributed by atoms with Gasteiger partial charge in [-0.25, -0.2) is 13.8 Å². The smallest absolute Gasteiger partial charge is 0.283 e. The van der Waals surface area contributed by atoms with Gasteiger partial charge in [-0.15, -0.1) is 0 Å². The first kappa shape index (κ1) is 25.1. The summed E-state index contributed by atoms with van der Waals surface area (Å²) in [5.74, 6) is -1.37. The number of hydrogen-bond donors (Lipinski definition) is 2. The van der Waals surface area contributed by atoms with Crippen LogP contribution in [0.1, 0.15) is 45.1 Å². The van der Waals surface area contributed by atoms with Gasteiger partial charge in [0, 0.05) is 49.2 Å². The summed E-state index contributed by atoms with van der Waals surface area (Å²) in [6, 6.07) is -0.520. The summed E-state index contributed by atoms with van der Waals surface area (Å²) in [6.07, 6.45) is 10.6. The minimum atomic E-state index is -3.01. The van der Waals surface area contributed by atoms with E-state index in [1.54, 1.807) is 7.05 Å². The van der Waals surface area contributed by atoms with E-state index in [0.717, 1.165) is 42.3 Å². The molecule has 3 aliphatic heterocycles. The molecule has 36 heavy (non-hydrogen) atoms. The molecule has 0 spiro atoms. The Kier molecular flexibility index (Phi) is 7.00. The first-order valence-electron chi connectivity index (χ1n) is 13.0. The van der Waals surface area contributed by atoms with Crippen molar-refractivity contribution in [1.82, 2.24) is 20.2 Å². The second kappa shape index (κ2) is 10.0. The molecule has 6 rings (SSSR count). The summed E-state index contributed by atoms with van der Waals surface area (Å²) in [5, 5.41) is 6.38. The number of carbonyl (C=O) groups is 1. The van der Waals surface area contributed by atoms with Crippen LogP contribution in [0.3, 0.4) is 0 Å². The number of ether oxygens (including phenoxy) is 1. The normalized spacial score (nSPS) is 28.9. The Morgan fingerprint density at radius 3 is 2.67 bits per heavy atom. The summed E-state index contributed by atoms with van der Waals surface area (Å²) in [7, 11) is 1.68. The highest BCUT2D eigenvalue weighted by atomic mass is 19.3. The first-order valence-corrected chi connectivity index (χ1v) is 13.0. The molecule has 3 saturated heterocycles. The number of piperidine rings is 1. The molecule has 0 bridgehead atoms. The molecule has 3 atom stereocenters. The average Bonchev–Trinajstić information content (AvgIpc) is 3.72. The number of aromatic nitrogens is 2. The van der Waals surface area contributed by atoms with E-state index >= 15 is 0 Å². The molecule has 3 unspecified atom stereocenters. The molecule has 5 aliphatic rings. The van der Waals surface area contributed by atoms with E-state index in [9.17, 15) is 13.6 Å². The van der Waals surface area contributed by atoms with Gasteiger partial charge in [0.15, 0.2) is 6.10 Å². The number of nitrogens with one attached hydrogen (secondary N) is 2. The number of carbonyl (C=O) groups excluding carboxylic acids is 1. The van der Waals surface area contributed by atoms with Crippen molar-refractivity contribution in [2.24, 2.45) is 11.8 Å². The summed E-state index contributed by atoms with van der Waals surface area (Å²) in [4.78, 5) is 25.8. The second-order valence-electron chi connectivity index (χ2n) is 10.6. The Balaban J connectivity index is 0.000000828. The number of allylic oxidation sites excluding steroid dienone is 3.